The van der Waals surface area contributed by atoms with Crippen molar-refractivity contribution in [3.63, 3.8) is 0 Å². The highest BCUT2D eigenvalue weighted by molar-refractivity contribution is 5.77. The molecule has 0 aliphatic carbocycles. The summed E-state index contributed by atoms with van der Waals surface area (Å²) in [5, 5.41) is 13.4. The SMILES string of the molecule is CC(C)(C)Oc1ccc(N2CCN(c3cccc(CCN(N=C(N)N)C(=O)O)c3F)CC2)cn1. The largest absolute Gasteiger partial charge is 0.472 e. The van der Waals surface area contributed by atoms with Gasteiger partial charge < -0.3 is 31.1 Å². The Morgan fingerprint density at radius 1 is 1.18 bits per heavy atom. The third kappa shape index (κ3) is 6.63. The van der Waals surface area contributed by atoms with E-state index in [1.165, 1.54) is 0 Å². The van der Waals surface area contributed by atoms with Gasteiger partial charge in [0.05, 0.1) is 24.1 Å². The van der Waals surface area contributed by atoms with Crippen molar-refractivity contribution in [2.24, 2.45) is 16.6 Å². The number of amides is 1. The first kappa shape index (κ1) is 24.9. The van der Waals surface area contributed by atoms with Gasteiger partial charge in [0.1, 0.15) is 11.4 Å². The zero-order valence-corrected chi connectivity index (χ0v) is 19.7. The fourth-order valence-corrected chi connectivity index (χ4v) is 3.70. The summed E-state index contributed by atoms with van der Waals surface area (Å²) in [5.41, 5.74) is 12.1. The molecule has 1 aromatic carbocycles. The van der Waals surface area contributed by atoms with Gasteiger partial charge in [-0.3, -0.25) is 0 Å². The molecule has 0 radical (unpaired) electrons. The second-order valence-electron chi connectivity index (χ2n) is 8.97. The highest BCUT2D eigenvalue weighted by atomic mass is 19.1. The Bertz CT molecular complexity index is 1010. The van der Waals surface area contributed by atoms with Crippen LogP contribution in [0, 0.1) is 5.82 Å². The number of anilines is 2. The van der Waals surface area contributed by atoms with E-state index in [0.717, 1.165) is 5.69 Å². The summed E-state index contributed by atoms with van der Waals surface area (Å²) in [6, 6.07) is 8.98. The molecule has 2 heterocycles. The van der Waals surface area contributed by atoms with Gasteiger partial charge in [0, 0.05) is 32.2 Å². The van der Waals surface area contributed by atoms with Crippen molar-refractivity contribution >= 4 is 23.4 Å². The first-order chi connectivity index (χ1) is 16.0. The van der Waals surface area contributed by atoms with Crippen LogP contribution in [0.15, 0.2) is 41.6 Å². The molecule has 1 fully saturated rings. The van der Waals surface area contributed by atoms with Crippen molar-refractivity contribution in [1.82, 2.24) is 9.99 Å². The number of nitrogens with zero attached hydrogens (tertiary/aromatic N) is 5. The van der Waals surface area contributed by atoms with Crippen LogP contribution < -0.4 is 26.0 Å². The number of ether oxygens (including phenoxy) is 1. The van der Waals surface area contributed by atoms with Crippen molar-refractivity contribution < 1.29 is 19.0 Å². The summed E-state index contributed by atoms with van der Waals surface area (Å²) in [5.74, 6) is -0.160. The molecule has 0 saturated carbocycles. The van der Waals surface area contributed by atoms with Gasteiger partial charge in [-0.05, 0) is 44.9 Å². The molecule has 34 heavy (non-hydrogen) atoms. The Kier molecular flexibility index (Phi) is 7.64. The Labute approximate surface area is 198 Å². The fraction of sp³-hybridized carbons (Fsp3) is 0.435. The predicted molar refractivity (Wildman–Crippen MR) is 130 cm³/mol. The topological polar surface area (TPSA) is 134 Å². The molecule has 0 bridgehead atoms. The zero-order chi connectivity index (χ0) is 24.9. The summed E-state index contributed by atoms with van der Waals surface area (Å²) in [7, 11) is 0. The van der Waals surface area contributed by atoms with E-state index in [-0.39, 0.29) is 30.3 Å². The van der Waals surface area contributed by atoms with Crippen molar-refractivity contribution in [2.45, 2.75) is 32.8 Å². The van der Waals surface area contributed by atoms with Crippen LogP contribution in [0.3, 0.4) is 0 Å². The minimum absolute atomic E-state index is 0.0662. The number of hydrogen-bond donors (Lipinski definition) is 3. The summed E-state index contributed by atoms with van der Waals surface area (Å²) in [6.45, 7) is 8.55. The summed E-state index contributed by atoms with van der Waals surface area (Å²) < 4.78 is 21.0. The Hall–Kier alpha value is -3.76. The maximum atomic E-state index is 15.2. The number of pyridine rings is 1. The molecule has 0 unspecified atom stereocenters. The lowest BCUT2D eigenvalue weighted by Crippen LogP contribution is -2.47. The van der Waals surface area contributed by atoms with Crippen molar-refractivity contribution in [1.29, 1.82) is 0 Å². The number of guanidine groups is 1. The standard InChI is InChI=1S/C23H32FN7O3/c1-23(2,3)34-19-8-7-17(15-27-19)29-11-13-30(14-12-29)18-6-4-5-16(20(18)24)9-10-31(22(32)33)28-21(25)26/h4-8,15H,9-14H2,1-3H3,(H,32,33)(H4,25,26,28). The number of carboxylic acid groups (broad SMARTS) is 1. The van der Waals surface area contributed by atoms with E-state index in [0.29, 0.717) is 48.3 Å². The van der Waals surface area contributed by atoms with E-state index in [1.807, 2.05) is 37.8 Å². The molecule has 2 aromatic rings. The number of carbonyl (C=O) groups is 1. The third-order valence-electron chi connectivity index (χ3n) is 5.23. The van der Waals surface area contributed by atoms with E-state index in [4.69, 9.17) is 16.2 Å². The molecule has 3 rings (SSSR count). The monoisotopic (exact) mass is 473 g/mol. The van der Waals surface area contributed by atoms with Crippen LogP contribution in [0.5, 0.6) is 5.88 Å². The predicted octanol–water partition coefficient (Wildman–Crippen LogP) is 2.44. The van der Waals surface area contributed by atoms with Crippen molar-refractivity contribution in [3.8, 4) is 5.88 Å². The van der Waals surface area contributed by atoms with E-state index < -0.39 is 6.09 Å². The molecule has 0 spiro atoms. The summed E-state index contributed by atoms with van der Waals surface area (Å²) in [6.07, 6.45) is 0.619. The number of hydrogen-bond acceptors (Lipinski definition) is 6. The maximum Gasteiger partial charge on any atom is 0.428 e. The minimum Gasteiger partial charge on any atom is -0.472 e. The lowest BCUT2D eigenvalue weighted by Gasteiger charge is -2.37. The fourth-order valence-electron chi connectivity index (χ4n) is 3.70. The number of nitrogens with two attached hydrogens (primary N) is 2. The van der Waals surface area contributed by atoms with Crippen LogP contribution >= 0.6 is 0 Å². The van der Waals surface area contributed by atoms with Gasteiger partial charge in [-0.25, -0.2) is 14.2 Å². The van der Waals surface area contributed by atoms with Crippen LogP contribution in [0.25, 0.3) is 0 Å². The smallest absolute Gasteiger partial charge is 0.428 e. The number of hydrazone groups is 1. The molecular weight excluding hydrogens is 441 g/mol. The van der Waals surface area contributed by atoms with Crippen LogP contribution in [-0.4, -0.2) is 65.5 Å². The van der Waals surface area contributed by atoms with Gasteiger partial charge in [-0.1, -0.05) is 12.1 Å². The molecule has 10 nitrogen and oxygen atoms in total. The van der Waals surface area contributed by atoms with Gasteiger partial charge >= 0.3 is 6.09 Å². The number of aromatic nitrogens is 1. The highest BCUT2D eigenvalue weighted by Gasteiger charge is 2.22. The number of benzene rings is 1. The number of piperazine rings is 1. The third-order valence-corrected chi connectivity index (χ3v) is 5.23. The molecule has 11 heteroatoms. The molecule has 5 N–H and O–H groups in total. The Morgan fingerprint density at radius 3 is 2.41 bits per heavy atom. The zero-order valence-electron chi connectivity index (χ0n) is 19.7. The molecular formula is C23H32FN7O3. The summed E-state index contributed by atoms with van der Waals surface area (Å²) in [4.78, 5) is 19.9. The molecule has 1 amide bonds. The first-order valence-electron chi connectivity index (χ1n) is 11.1. The Morgan fingerprint density at radius 2 is 1.85 bits per heavy atom. The van der Waals surface area contributed by atoms with Crippen LogP contribution in [0.4, 0.5) is 20.6 Å². The minimum atomic E-state index is -1.31. The van der Waals surface area contributed by atoms with E-state index in [1.54, 1.807) is 24.4 Å². The van der Waals surface area contributed by atoms with Crippen molar-refractivity contribution in [3.05, 3.63) is 47.9 Å². The highest BCUT2D eigenvalue weighted by Crippen LogP contribution is 2.26. The second-order valence-corrected chi connectivity index (χ2v) is 8.97. The summed E-state index contributed by atoms with van der Waals surface area (Å²) >= 11 is 0. The van der Waals surface area contributed by atoms with Crippen LogP contribution in [-0.2, 0) is 6.42 Å². The van der Waals surface area contributed by atoms with Gasteiger partial charge in [-0.2, -0.15) is 5.01 Å². The van der Waals surface area contributed by atoms with Gasteiger partial charge in [0.25, 0.3) is 0 Å². The normalized spacial score (nSPS) is 14.0. The van der Waals surface area contributed by atoms with Gasteiger partial charge in [0.15, 0.2) is 0 Å². The van der Waals surface area contributed by atoms with Gasteiger partial charge in [0.2, 0.25) is 11.8 Å². The molecule has 1 aliphatic heterocycles. The van der Waals surface area contributed by atoms with E-state index in [2.05, 4.69) is 15.0 Å². The van der Waals surface area contributed by atoms with Crippen LogP contribution in [0.1, 0.15) is 26.3 Å². The lowest BCUT2D eigenvalue weighted by molar-refractivity contribution is 0.124. The maximum absolute atomic E-state index is 15.2. The Balaban J connectivity index is 1.62. The van der Waals surface area contributed by atoms with Crippen molar-refractivity contribution in [2.75, 3.05) is 42.5 Å². The van der Waals surface area contributed by atoms with E-state index in [9.17, 15) is 9.90 Å². The molecule has 1 saturated heterocycles. The molecule has 1 aromatic heterocycles. The second kappa shape index (κ2) is 10.4. The molecule has 184 valence electrons. The lowest BCUT2D eigenvalue weighted by atomic mass is 10.1. The van der Waals surface area contributed by atoms with Gasteiger partial charge in [-0.15, -0.1) is 5.10 Å². The molecule has 0 atom stereocenters. The number of halogens is 1. The van der Waals surface area contributed by atoms with Crippen LogP contribution in [0.2, 0.25) is 0 Å². The first-order valence-corrected chi connectivity index (χ1v) is 11.1. The average molecular weight is 474 g/mol. The molecule has 1 aliphatic rings. The average Bonchev–Trinajstić information content (AvgIpc) is 2.77. The quantitative estimate of drug-likeness (QED) is 0.317. The number of rotatable bonds is 7. The van der Waals surface area contributed by atoms with E-state index >= 15 is 4.39 Å².